The Balaban J connectivity index is 1.66. The van der Waals surface area contributed by atoms with Gasteiger partial charge in [-0.05, 0) is 41.1 Å². The molecule has 4 rings (SSSR count). The maximum atomic E-state index is 11.2. The third-order valence-corrected chi connectivity index (χ3v) is 4.77. The number of fused-ring (bicyclic) bond motifs is 2. The summed E-state index contributed by atoms with van der Waals surface area (Å²) in [5, 5.41) is 14.0. The van der Waals surface area contributed by atoms with Crippen LogP contribution in [0, 0.1) is 0 Å². The van der Waals surface area contributed by atoms with Crippen LogP contribution in [0.25, 0.3) is 21.5 Å². The Morgan fingerprint density at radius 2 is 1.61 bits per heavy atom. The van der Waals surface area contributed by atoms with Crippen molar-refractivity contribution in [2.75, 3.05) is 13.2 Å². The summed E-state index contributed by atoms with van der Waals surface area (Å²) in [6.07, 6.45) is 0.0849. The molecule has 0 fully saturated rings. The standard InChI is InChI=1S/C26H22O5/c1-2-25(28)29-16-20(27)17-30-26-23-11-7-6-8-18(23)14-19-12-13-22(15-24(19)26)31-21-9-4-3-5-10-21/h2-15,20,27H,1,16-17H2. The van der Waals surface area contributed by atoms with E-state index < -0.39 is 12.1 Å². The van der Waals surface area contributed by atoms with E-state index in [0.717, 1.165) is 33.4 Å². The molecule has 5 heteroatoms. The van der Waals surface area contributed by atoms with E-state index in [9.17, 15) is 9.90 Å². The first-order valence-electron chi connectivity index (χ1n) is 9.92. The molecule has 4 aromatic carbocycles. The highest BCUT2D eigenvalue weighted by atomic mass is 16.5. The zero-order valence-corrected chi connectivity index (χ0v) is 16.9. The molecule has 4 aromatic rings. The Labute approximate surface area is 180 Å². The lowest BCUT2D eigenvalue weighted by molar-refractivity contribution is -0.141. The van der Waals surface area contributed by atoms with Gasteiger partial charge in [0.25, 0.3) is 0 Å². The van der Waals surface area contributed by atoms with E-state index >= 15 is 0 Å². The van der Waals surface area contributed by atoms with Gasteiger partial charge in [0, 0.05) is 16.8 Å². The second-order valence-corrected chi connectivity index (χ2v) is 7.02. The van der Waals surface area contributed by atoms with Gasteiger partial charge < -0.3 is 19.3 Å². The molecule has 1 N–H and O–H groups in total. The maximum absolute atomic E-state index is 11.2. The van der Waals surface area contributed by atoms with Crippen molar-refractivity contribution in [1.82, 2.24) is 0 Å². The molecular weight excluding hydrogens is 392 g/mol. The van der Waals surface area contributed by atoms with Gasteiger partial charge in [-0.2, -0.15) is 0 Å². The molecule has 0 aromatic heterocycles. The van der Waals surface area contributed by atoms with Crippen LogP contribution < -0.4 is 9.47 Å². The minimum atomic E-state index is -0.971. The fourth-order valence-corrected chi connectivity index (χ4v) is 3.31. The van der Waals surface area contributed by atoms with Crippen LogP contribution in [0.1, 0.15) is 0 Å². The van der Waals surface area contributed by atoms with Crippen LogP contribution in [-0.4, -0.2) is 30.4 Å². The van der Waals surface area contributed by atoms with E-state index in [1.807, 2.05) is 72.8 Å². The van der Waals surface area contributed by atoms with Crippen molar-refractivity contribution >= 4 is 27.5 Å². The topological polar surface area (TPSA) is 65.0 Å². The molecule has 31 heavy (non-hydrogen) atoms. The van der Waals surface area contributed by atoms with Crippen molar-refractivity contribution in [3.05, 3.63) is 91.5 Å². The number of aliphatic hydroxyl groups excluding tert-OH is 1. The molecule has 0 radical (unpaired) electrons. The predicted octanol–water partition coefficient (Wildman–Crippen LogP) is 5.25. The second-order valence-electron chi connectivity index (χ2n) is 7.02. The van der Waals surface area contributed by atoms with Gasteiger partial charge in [-0.15, -0.1) is 0 Å². The first kappa shape index (κ1) is 20.4. The number of esters is 1. The lowest BCUT2D eigenvalue weighted by Gasteiger charge is -2.17. The second kappa shape index (κ2) is 9.32. The summed E-state index contributed by atoms with van der Waals surface area (Å²) >= 11 is 0. The summed E-state index contributed by atoms with van der Waals surface area (Å²) in [6, 6.07) is 25.3. The van der Waals surface area contributed by atoms with Crippen LogP contribution in [0.4, 0.5) is 0 Å². The van der Waals surface area contributed by atoms with E-state index in [2.05, 4.69) is 12.6 Å². The predicted molar refractivity (Wildman–Crippen MR) is 121 cm³/mol. The molecule has 0 bridgehead atoms. The number of hydrogen-bond acceptors (Lipinski definition) is 5. The average Bonchev–Trinajstić information content (AvgIpc) is 2.81. The maximum Gasteiger partial charge on any atom is 0.330 e. The molecule has 156 valence electrons. The van der Waals surface area contributed by atoms with Gasteiger partial charge in [0.15, 0.2) is 0 Å². The van der Waals surface area contributed by atoms with Gasteiger partial charge in [0.05, 0.1) is 0 Å². The van der Waals surface area contributed by atoms with Crippen LogP contribution in [0.5, 0.6) is 17.2 Å². The number of para-hydroxylation sites is 1. The zero-order valence-electron chi connectivity index (χ0n) is 16.9. The SMILES string of the molecule is C=CC(=O)OCC(O)COc1c2ccccc2cc2ccc(Oc3ccccc3)cc12. The Bertz CT molecular complexity index is 1220. The molecule has 1 atom stereocenters. The fraction of sp³-hybridized carbons (Fsp3) is 0.115. The number of ether oxygens (including phenoxy) is 3. The molecule has 0 saturated heterocycles. The van der Waals surface area contributed by atoms with Crippen LogP contribution >= 0.6 is 0 Å². The minimum Gasteiger partial charge on any atom is -0.489 e. The van der Waals surface area contributed by atoms with E-state index in [4.69, 9.17) is 14.2 Å². The summed E-state index contributed by atoms with van der Waals surface area (Å²) in [4.78, 5) is 11.2. The highest BCUT2D eigenvalue weighted by Gasteiger charge is 2.14. The van der Waals surface area contributed by atoms with E-state index in [1.165, 1.54) is 0 Å². The van der Waals surface area contributed by atoms with E-state index in [1.54, 1.807) is 0 Å². The van der Waals surface area contributed by atoms with Gasteiger partial charge in [0.1, 0.15) is 36.6 Å². The Kier molecular flexibility index (Phi) is 6.15. The molecule has 0 aliphatic heterocycles. The van der Waals surface area contributed by atoms with Gasteiger partial charge >= 0.3 is 5.97 Å². The summed E-state index contributed by atoms with van der Waals surface area (Å²) in [5.41, 5.74) is 0. The van der Waals surface area contributed by atoms with Gasteiger partial charge in [-0.3, -0.25) is 0 Å². The van der Waals surface area contributed by atoms with Gasteiger partial charge in [0.2, 0.25) is 0 Å². The number of aliphatic hydroxyl groups is 1. The van der Waals surface area contributed by atoms with Crippen molar-refractivity contribution in [1.29, 1.82) is 0 Å². The minimum absolute atomic E-state index is 0.0305. The number of hydrogen-bond donors (Lipinski definition) is 1. The fourth-order valence-electron chi connectivity index (χ4n) is 3.31. The first-order valence-corrected chi connectivity index (χ1v) is 9.92. The summed E-state index contributed by atoms with van der Waals surface area (Å²) in [6.45, 7) is 3.14. The van der Waals surface area contributed by atoms with Crippen molar-refractivity contribution in [2.24, 2.45) is 0 Å². The number of rotatable bonds is 8. The van der Waals surface area contributed by atoms with Crippen LogP contribution in [0.2, 0.25) is 0 Å². The number of benzene rings is 4. The monoisotopic (exact) mass is 414 g/mol. The van der Waals surface area contributed by atoms with Crippen LogP contribution in [0.3, 0.4) is 0 Å². The normalized spacial score (nSPS) is 11.8. The third-order valence-electron chi connectivity index (χ3n) is 4.77. The summed E-state index contributed by atoms with van der Waals surface area (Å²) in [5.74, 6) is 1.47. The Hall–Kier alpha value is -3.83. The number of carbonyl (C=O) groups excluding carboxylic acids is 1. The lowest BCUT2D eigenvalue weighted by atomic mass is 10.0. The molecule has 0 aliphatic rings. The van der Waals surface area contributed by atoms with E-state index in [0.29, 0.717) is 11.5 Å². The average molecular weight is 414 g/mol. The zero-order chi connectivity index (χ0) is 21.6. The lowest BCUT2D eigenvalue weighted by Crippen LogP contribution is -2.24. The smallest absolute Gasteiger partial charge is 0.330 e. The Morgan fingerprint density at radius 3 is 2.42 bits per heavy atom. The summed E-state index contributed by atoms with van der Waals surface area (Å²) in [7, 11) is 0. The quantitative estimate of drug-likeness (QED) is 0.242. The van der Waals surface area contributed by atoms with Crippen LogP contribution in [-0.2, 0) is 9.53 Å². The molecule has 0 aliphatic carbocycles. The highest BCUT2D eigenvalue weighted by molar-refractivity contribution is 6.05. The van der Waals surface area contributed by atoms with Crippen molar-refractivity contribution in [3.63, 3.8) is 0 Å². The van der Waals surface area contributed by atoms with Crippen molar-refractivity contribution in [2.45, 2.75) is 6.10 Å². The molecule has 5 nitrogen and oxygen atoms in total. The van der Waals surface area contributed by atoms with Crippen molar-refractivity contribution < 1.29 is 24.1 Å². The molecule has 0 saturated carbocycles. The summed E-state index contributed by atoms with van der Waals surface area (Å²) < 4.78 is 16.9. The van der Waals surface area contributed by atoms with Crippen LogP contribution in [0.15, 0.2) is 91.5 Å². The molecule has 0 spiro atoms. The molecular formula is C26H22O5. The number of carbonyl (C=O) groups is 1. The van der Waals surface area contributed by atoms with Gasteiger partial charge in [-0.25, -0.2) is 4.79 Å². The molecule has 1 unspecified atom stereocenters. The highest BCUT2D eigenvalue weighted by Crippen LogP contribution is 2.37. The Morgan fingerprint density at radius 1 is 0.871 bits per heavy atom. The molecule has 0 heterocycles. The molecule has 0 amide bonds. The van der Waals surface area contributed by atoms with E-state index in [-0.39, 0.29) is 13.2 Å². The van der Waals surface area contributed by atoms with Crippen molar-refractivity contribution in [3.8, 4) is 17.2 Å². The third kappa shape index (κ3) is 4.85. The largest absolute Gasteiger partial charge is 0.489 e. The van der Waals surface area contributed by atoms with Gasteiger partial charge in [-0.1, -0.05) is 55.1 Å². The first-order chi connectivity index (χ1) is 15.1.